The first kappa shape index (κ1) is 13.1. The van der Waals surface area contributed by atoms with E-state index in [0.29, 0.717) is 11.2 Å². The average Bonchev–Trinajstić information content (AvgIpc) is 2.89. The van der Waals surface area contributed by atoms with Gasteiger partial charge < -0.3 is 9.84 Å². The van der Waals surface area contributed by atoms with Gasteiger partial charge in [0, 0.05) is 11.8 Å². The van der Waals surface area contributed by atoms with Gasteiger partial charge in [-0.2, -0.15) is 0 Å². The Balaban J connectivity index is 2.19. The van der Waals surface area contributed by atoms with Crippen LogP contribution in [-0.4, -0.2) is 32.8 Å². The summed E-state index contributed by atoms with van der Waals surface area (Å²) in [4.78, 5) is 11.7. The minimum atomic E-state index is -0.933. The van der Waals surface area contributed by atoms with Gasteiger partial charge in [-0.15, -0.1) is 10.2 Å². The maximum absolute atomic E-state index is 11.7. The van der Waals surface area contributed by atoms with Crippen LogP contribution in [0.2, 0.25) is 0 Å². The molecule has 1 aliphatic carbocycles. The summed E-state index contributed by atoms with van der Waals surface area (Å²) >= 11 is 0. The number of aromatic nitrogens is 3. The van der Waals surface area contributed by atoms with Crippen LogP contribution in [0.4, 0.5) is 0 Å². The molecule has 6 heteroatoms. The Morgan fingerprint density at radius 1 is 1.27 bits per heavy atom. The highest BCUT2D eigenvalue weighted by Crippen LogP contribution is 2.32. The van der Waals surface area contributed by atoms with Gasteiger partial charge >= 0.3 is 5.97 Å². The van der Waals surface area contributed by atoms with Gasteiger partial charge in [0.1, 0.15) is 16.8 Å². The van der Waals surface area contributed by atoms with E-state index >= 15 is 0 Å². The number of carboxylic acids is 1. The molecule has 1 aliphatic rings. The van der Waals surface area contributed by atoms with Crippen LogP contribution in [-0.2, 0) is 12.8 Å². The summed E-state index contributed by atoms with van der Waals surface area (Å²) in [6.45, 7) is 0. The molecule has 0 fully saturated rings. The zero-order chi connectivity index (χ0) is 15.3. The van der Waals surface area contributed by atoms with Crippen molar-refractivity contribution in [2.24, 2.45) is 0 Å². The molecule has 2 heterocycles. The van der Waals surface area contributed by atoms with Crippen molar-refractivity contribution in [3.05, 3.63) is 35.0 Å². The number of methoxy groups -OCH3 is 1. The third kappa shape index (κ3) is 1.70. The Morgan fingerprint density at radius 3 is 2.86 bits per heavy atom. The van der Waals surface area contributed by atoms with E-state index in [1.807, 2.05) is 22.6 Å². The first-order valence-electron chi connectivity index (χ1n) is 7.30. The van der Waals surface area contributed by atoms with Crippen molar-refractivity contribution >= 4 is 22.6 Å². The number of rotatable bonds is 2. The number of carbonyl (C=O) groups is 1. The van der Waals surface area contributed by atoms with Crippen molar-refractivity contribution in [2.75, 3.05) is 7.11 Å². The lowest BCUT2D eigenvalue weighted by atomic mass is 9.95. The van der Waals surface area contributed by atoms with Gasteiger partial charge in [0.25, 0.3) is 0 Å². The third-order valence-corrected chi connectivity index (χ3v) is 4.34. The topological polar surface area (TPSA) is 76.7 Å². The quantitative estimate of drug-likeness (QED) is 0.786. The molecule has 1 aromatic carbocycles. The van der Waals surface area contributed by atoms with Crippen molar-refractivity contribution in [3.63, 3.8) is 0 Å². The summed E-state index contributed by atoms with van der Waals surface area (Å²) in [7, 11) is 1.61. The molecule has 0 radical (unpaired) electrons. The van der Waals surface area contributed by atoms with Crippen LogP contribution in [0.3, 0.4) is 0 Å². The van der Waals surface area contributed by atoms with Crippen LogP contribution >= 0.6 is 0 Å². The van der Waals surface area contributed by atoms with Gasteiger partial charge in [-0.25, -0.2) is 4.79 Å². The molecule has 22 heavy (non-hydrogen) atoms. The SMILES string of the molecule is COc1ccc2nnc3c(C(=O)O)c4c(n3c2c1)CCCC4. The monoisotopic (exact) mass is 297 g/mol. The van der Waals surface area contributed by atoms with Crippen LogP contribution in [0.1, 0.15) is 34.5 Å². The lowest BCUT2D eigenvalue weighted by Crippen LogP contribution is -2.06. The third-order valence-electron chi connectivity index (χ3n) is 4.34. The number of nitrogens with zero attached hydrogens (tertiary/aromatic N) is 3. The molecule has 0 atom stereocenters. The van der Waals surface area contributed by atoms with Crippen molar-refractivity contribution in [1.82, 2.24) is 14.6 Å². The highest BCUT2D eigenvalue weighted by Gasteiger charge is 2.27. The minimum Gasteiger partial charge on any atom is -0.497 e. The van der Waals surface area contributed by atoms with Gasteiger partial charge in [-0.3, -0.25) is 4.40 Å². The molecular weight excluding hydrogens is 282 g/mol. The number of carboxylic acid groups (broad SMARTS) is 1. The molecule has 0 spiro atoms. The molecule has 0 bridgehead atoms. The van der Waals surface area contributed by atoms with E-state index < -0.39 is 5.97 Å². The first-order valence-corrected chi connectivity index (χ1v) is 7.30. The smallest absolute Gasteiger partial charge is 0.339 e. The Bertz CT molecular complexity index is 914. The van der Waals surface area contributed by atoms with Crippen LogP contribution < -0.4 is 4.74 Å². The summed E-state index contributed by atoms with van der Waals surface area (Å²) in [5, 5.41) is 18.0. The zero-order valence-electron chi connectivity index (χ0n) is 12.2. The zero-order valence-corrected chi connectivity index (χ0v) is 12.2. The fourth-order valence-corrected chi connectivity index (χ4v) is 3.35. The number of aryl methyl sites for hydroxylation is 1. The van der Waals surface area contributed by atoms with E-state index in [1.165, 1.54) is 0 Å². The molecule has 1 N–H and O–H groups in total. The number of benzene rings is 1. The lowest BCUT2D eigenvalue weighted by molar-refractivity contribution is 0.0697. The van der Waals surface area contributed by atoms with Crippen LogP contribution in [0.25, 0.3) is 16.7 Å². The summed E-state index contributed by atoms with van der Waals surface area (Å²) in [5.74, 6) is -0.214. The van der Waals surface area contributed by atoms with Crippen molar-refractivity contribution in [1.29, 1.82) is 0 Å². The van der Waals surface area contributed by atoms with E-state index in [9.17, 15) is 9.90 Å². The number of ether oxygens (including phenoxy) is 1. The molecule has 0 amide bonds. The highest BCUT2D eigenvalue weighted by molar-refractivity contribution is 5.98. The number of aromatic carboxylic acids is 1. The van der Waals surface area contributed by atoms with Crippen molar-refractivity contribution in [3.8, 4) is 5.75 Å². The largest absolute Gasteiger partial charge is 0.497 e. The highest BCUT2D eigenvalue weighted by atomic mass is 16.5. The second-order valence-electron chi connectivity index (χ2n) is 5.53. The van der Waals surface area contributed by atoms with Gasteiger partial charge in [-0.1, -0.05) is 0 Å². The Kier molecular flexibility index (Phi) is 2.79. The second kappa shape index (κ2) is 4.69. The molecule has 2 aromatic heterocycles. The maximum Gasteiger partial charge on any atom is 0.339 e. The molecule has 0 aliphatic heterocycles. The number of hydrogen-bond donors (Lipinski definition) is 1. The van der Waals surface area contributed by atoms with E-state index in [1.54, 1.807) is 7.11 Å². The van der Waals surface area contributed by atoms with E-state index in [0.717, 1.165) is 53.7 Å². The van der Waals surface area contributed by atoms with Gasteiger partial charge in [0.15, 0.2) is 5.65 Å². The Morgan fingerprint density at radius 2 is 2.09 bits per heavy atom. The van der Waals surface area contributed by atoms with Crippen LogP contribution in [0.5, 0.6) is 5.75 Å². The normalized spacial score (nSPS) is 14.2. The second-order valence-corrected chi connectivity index (χ2v) is 5.53. The molecule has 3 aromatic rings. The summed E-state index contributed by atoms with van der Waals surface area (Å²) < 4.78 is 7.24. The van der Waals surface area contributed by atoms with Crippen LogP contribution in [0, 0.1) is 0 Å². The van der Waals surface area contributed by atoms with E-state index in [-0.39, 0.29) is 0 Å². The average molecular weight is 297 g/mol. The number of fused-ring (bicyclic) bond motifs is 5. The van der Waals surface area contributed by atoms with Crippen LogP contribution in [0.15, 0.2) is 18.2 Å². The van der Waals surface area contributed by atoms with Gasteiger partial charge in [-0.05, 0) is 43.4 Å². The van der Waals surface area contributed by atoms with E-state index in [4.69, 9.17) is 4.74 Å². The summed E-state index contributed by atoms with van der Waals surface area (Å²) in [6, 6.07) is 5.56. The predicted molar refractivity (Wildman–Crippen MR) is 80.6 cm³/mol. The first-order chi connectivity index (χ1) is 10.7. The lowest BCUT2D eigenvalue weighted by Gasteiger charge is -2.13. The van der Waals surface area contributed by atoms with Crippen molar-refractivity contribution < 1.29 is 14.6 Å². The summed E-state index contributed by atoms with van der Waals surface area (Å²) in [6.07, 6.45) is 3.72. The fraction of sp³-hybridized carbons (Fsp3) is 0.312. The van der Waals surface area contributed by atoms with E-state index in [2.05, 4.69) is 10.2 Å². The maximum atomic E-state index is 11.7. The molecular formula is C16H15N3O3. The predicted octanol–water partition coefficient (Wildman–Crippen LogP) is 2.47. The molecule has 4 rings (SSSR count). The minimum absolute atomic E-state index is 0.298. The van der Waals surface area contributed by atoms with Gasteiger partial charge in [0.2, 0.25) is 0 Å². The molecule has 112 valence electrons. The number of hydrogen-bond acceptors (Lipinski definition) is 4. The standard InChI is InChI=1S/C16H15N3O3/c1-22-9-6-7-11-13(8-9)19-12-5-3-2-4-10(12)14(16(20)21)15(19)18-17-11/h6-8H,2-5H2,1H3,(H,20,21). The molecule has 0 saturated heterocycles. The molecule has 0 saturated carbocycles. The molecule has 6 nitrogen and oxygen atoms in total. The molecule has 0 unspecified atom stereocenters. The summed E-state index contributed by atoms with van der Waals surface area (Å²) in [5.41, 5.74) is 4.26. The Labute approximate surface area is 126 Å². The van der Waals surface area contributed by atoms with Gasteiger partial charge in [0.05, 0.1) is 12.6 Å². The fourth-order valence-electron chi connectivity index (χ4n) is 3.35. The Hall–Kier alpha value is -2.63. The van der Waals surface area contributed by atoms with Crippen molar-refractivity contribution in [2.45, 2.75) is 25.7 Å².